The Labute approximate surface area is 56.6 Å². The van der Waals surface area contributed by atoms with Crippen molar-refractivity contribution in [1.29, 1.82) is 0 Å². The van der Waals surface area contributed by atoms with Crippen LogP contribution in [0, 0.1) is 11.8 Å². The zero-order chi connectivity index (χ0) is 6.27. The molecule has 1 nitrogen and oxygen atoms in total. The molecule has 0 bridgehead atoms. The van der Waals surface area contributed by atoms with Gasteiger partial charge in [-0.3, -0.25) is 0 Å². The second kappa shape index (κ2) is 1.98. The van der Waals surface area contributed by atoms with Crippen LogP contribution >= 0.6 is 0 Å². The Morgan fingerprint density at radius 3 is 2.44 bits per heavy atom. The van der Waals surface area contributed by atoms with Gasteiger partial charge in [0, 0.05) is 6.04 Å². The van der Waals surface area contributed by atoms with Crippen LogP contribution in [0.3, 0.4) is 0 Å². The van der Waals surface area contributed by atoms with Crippen LogP contribution in [0.15, 0.2) is 0 Å². The number of hydrogen-bond acceptors (Lipinski definition) is 1. The molecule has 0 spiro atoms. The summed E-state index contributed by atoms with van der Waals surface area (Å²) >= 11 is 0. The van der Waals surface area contributed by atoms with Crippen molar-refractivity contribution in [3.63, 3.8) is 0 Å². The Kier molecular flexibility index (Phi) is 1.26. The summed E-state index contributed by atoms with van der Waals surface area (Å²) in [5.74, 6) is 1.97. The van der Waals surface area contributed by atoms with Gasteiger partial charge in [0.15, 0.2) is 0 Å². The molecule has 0 aromatic rings. The molecule has 2 aliphatic carbocycles. The lowest BCUT2D eigenvalue weighted by atomic mass is 9.62. The lowest BCUT2D eigenvalue weighted by Crippen LogP contribution is -2.48. The topological polar surface area (TPSA) is 26.0 Å². The maximum Gasteiger partial charge on any atom is 0.00725 e. The molecule has 1 heteroatoms. The average Bonchev–Trinajstić information content (AvgIpc) is 1.86. The number of rotatable bonds is 0. The van der Waals surface area contributed by atoms with Gasteiger partial charge in [-0.05, 0) is 24.7 Å². The van der Waals surface area contributed by atoms with Gasteiger partial charge in [0.25, 0.3) is 0 Å². The Bertz CT molecular complexity index is 109. The fourth-order valence-corrected chi connectivity index (χ4v) is 2.42. The second-order valence-corrected chi connectivity index (χ2v) is 3.61. The van der Waals surface area contributed by atoms with Crippen LogP contribution in [0.4, 0.5) is 0 Å². The molecule has 0 radical (unpaired) electrons. The van der Waals surface area contributed by atoms with E-state index in [1.54, 1.807) is 0 Å². The van der Waals surface area contributed by atoms with Crippen molar-refractivity contribution in [2.45, 2.75) is 38.1 Å². The van der Waals surface area contributed by atoms with Gasteiger partial charge in [0.2, 0.25) is 0 Å². The molecule has 52 valence electrons. The van der Waals surface area contributed by atoms with Crippen LogP contribution in [-0.2, 0) is 0 Å². The Balaban J connectivity index is 1.94. The zero-order valence-electron chi connectivity index (χ0n) is 5.84. The molecule has 3 atom stereocenters. The minimum Gasteiger partial charge on any atom is -0.327 e. The van der Waals surface area contributed by atoms with Gasteiger partial charge in [0.1, 0.15) is 0 Å². The van der Waals surface area contributed by atoms with E-state index in [1.807, 2.05) is 0 Å². The predicted molar refractivity (Wildman–Crippen MR) is 38.0 cm³/mol. The number of nitrogens with two attached hydrogens (primary N) is 1. The fourth-order valence-electron chi connectivity index (χ4n) is 2.42. The largest absolute Gasteiger partial charge is 0.327 e. The molecule has 0 aromatic carbocycles. The van der Waals surface area contributed by atoms with Gasteiger partial charge < -0.3 is 5.73 Å². The standard InChI is InChI=1S/C8H15N/c9-8-5-6-3-1-2-4-7(6)8/h6-8H,1-5,9H2/t6-,7+,8-/m1/s1. The lowest BCUT2D eigenvalue weighted by Gasteiger charge is -2.46. The quantitative estimate of drug-likeness (QED) is 0.522. The monoisotopic (exact) mass is 125 g/mol. The van der Waals surface area contributed by atoms with Crippen LogP contribution in [0.5, 0.6) is 0 Å². The molecule has 0 aliphatic heterocycles. The third-order valence-corrected chi connectivity index (χ3v) is 3.09. The summed E-state index contributed by atoms with van der Waals surface area (Å²) in [4.78, 5) is 0. The van der Waals surface area contributed by atoms with E-state index in [0.29, 0.717) is 6.04 Å². The molecule has 0 amide bonds. The minimum absolute atomic E-state index is 0.579. The molecule has 2 fully saturated rings. The summed E-state index contributed by atoms with van der Waals surface area (Å²) < 4.78 is 0. The van der Waals surface area contributed by atoms with E-state index in [4.69, 9.17) is 5.73 Å². The summed E-state index contributed by atoms with van der Waals surface area (Å²) in [5, 5.41) is 0. The molecule has 2 aliphatic rings. The highest BCUT2D eigenvalue weighted by atomic mass is 14.7. The molecule has 0 saturated heterocycles. The predicted octanol–water partition coefficient (Wildman–Crippen LogP) is 1.52. The molecule has 0 aromatic heterocycles. The molecular weight excluding hydrogens is 110 g/mol. The van der Waals surface area contributed by atoms with Crippen LogP contribution in [0.1, 0.15) is 32.1 Å². The van der Waals surface area contributed by atoms with Gasteiger partial charge >= 0.3 is 0 Å². The van der Waals surface area contributed by atoms with Crippen molar-refractivity contribution in [1.82, 2.24) is 0 Å². The van der Waals surface area contributed by atoms with Crippen LogP contribution in [0.2, 0.25) is 0 Å². The van der Waals surface area contributed by atoms with Crippen molar-refractivity contribution < 1.29 is 0 Å². The fraction of sp³-hybridized carbons (Fsp3) is 1.00. The van der Waals surface area contributed by atoms with Gasteiger partial charge in [0.05, 0.1) is 0 Å². The highest BCUT2D eigenvalue weighted by Crippen LogP contribution is 2.43. The van der Waals surface area contributed by atoms with Crippen molar-refractivity contribution in [2.75, 3.05) is 0 Å². The van der Waals surface area contributed by atoms with Gasteiger partial charge in [-0.1, -0.05) is 19.3 Å². The Hall–Kier alpha value is -0.0400. The Morgan fingerprint density at radius 1 is 1.11 bits per heavy atom. The molecule has 2 N–H and O–H groups in total. The average molecular weight is 125 g/mol. The van der Waals surface area contributed by atoms with Crippen molar-refractivity contribution >= 4 is 0 Å². The summed E-state index contributed by atoms with van der Waals surface area (Å²) in [7, 11) is 0. The van der Waals surface area contributed by atoms with E-state index in [0.717, 1.165) is 11.8 Å². The molecular formula is C8H15N. The molecule has 0 heterocycles. The summed E-state index contributed by atoms with van der Waals surface area (Å²) in [6, 6.07) is 0.579. The first kappa shape index (κ1) is 5.72. The summed E-state index contributed by atoms with van der Waals surface area (Å²) in [5.41, 5.74) is 5.83. The molecule has 9 heavy (non-hydrogen) atoms. The third kappa shape index (κ3) is 0.787. The Morgan fingerprint density at radius 2 is 1.89 bits per heavy atom. The maximum absolute atomic E-state index is 5.83. The van der Waals surface area contributed by atoms with E-state index in [-0.39, 0.29) is 0 Å². The first-order chi connectivity index (χ1) is 4.38. The highest BCUT2D eigenvalue weighted by Gasteiger charge is 2.39. The second-order valence-electron chi connectivity index (χ2n) is 3.61. The maximum atomic E-state index is 5.83. The smallest absolute Gasteiger partial charge is 0.00725 e. The SMILES string of the molecule is N[C@@H]1C[C@H]2CCCC[C@@H]21. The van der Waals surface area contributed by atoms with Gasteiger partial charge in [-0.15, -0.1) is 0 Å². The normalized spacial score (nSPS) is 49.7. The zero-order valence-corrected chi connectivity index (χ0v) is 5.84. The van der Waals surface area contributed by atoms with Crippen LogP contribution in [-0.4, -0.2) is 6.04 Å². The third-order valence-electron chi connectivity index (χ3n) is 3.09. The minimum atomic E-state index is 0.579. The number of hydrogen-bond donors (Lipinski definition) is 1. The van der Waals surface area contributed by atoms with Gasteiger partial charge in [-0.25, -0.2) is 0 Å². The van der Waals surface area contributed by atoms with Crippen molar-refractivity contribution in [2.24, 2.45) is 17.6 Å². The molecule has 2 saturated carbocycles. The van der Waals surface area contributed by atoms with E-state index < -0.39 is 0 Å². The first-order valence-corrected chi connectivity index (χ1v) is 4.13. The van der Waals surface area contributed by atoms with Crippen molar-refractivity contribution in [3.8, 4) is 0 Å². The van der Waals surface area contributed by atoms with Gasteiger partial charge in [-0.2, -0.15) is 0 Å². The van der Waals surface area contributed by atoms with E-state index >= 15 is 0 Å². The first-order valence-electron chi connectivity index (χ1n) is 4.13. The van der Waals surface area contributed by atoms with Crippen LogP contribution < -0.4 is 5.73 Å². The molecule has 0 unspecified atom stereocenters. The van der Waals surface area contributed by atoms with E-state index in [1.165, 1.54) is 32.1 Å². The highest BCUT2D eigenvalue weighted by molar-refractivity contribution is 4.93. The van der Waals surface area contributed by atoms with E-state index in [2.05, 4.69) is 0 Å². The van der Waals surface area contributed by atoms with Crippen LogP contribution in [0.25, 0.3) is 0 Å². The summed E-state index contributed by atoms with van der Waals surface area (Å²) in [6.45, 7) is 0. The van der Waals surface area contributed by atoms with Crippen molar-refractivity contribution in [3.05, 3.63) is 0 Å². The molecule has 2 rings (SSSR count). The summed E-state index contributed by atoms with van der Waals surface area (Å²) in [6.07, 6.45) is 7.12. The van der Waals surface area contributed by atoms with E-state index in [9.17, 15) is 0 Å². The number of fused-ring (bicyclic) bond motifs is 1. The lowest BCUT2D eigenvalue weighted by molar-refractivity contribution is 0.0835.